The first-order valence-electron chi connectivity index (χ1n) is 11.8. The fourth-order valence-electron chi connectivity index (χ4n) is 3.76. The molecule has 9 heteroatoms. The number of carbonyl (C=O) groups is 2. The summed E-state index contributed by atoms with van der Waals surface area (Å²) in [6.07, 6.45) is 0. The zero-order valence-corrected chi connectivity index (χ0v) is 21.0. The molecule has 1 aliphatic heterocycles. The largest absolute Gasteiger partial charge is 0.460 e. The van der Waals surface area contributed by atoms with E-state index in [1.165, 1.54) is 0 Å². The highest BCUT2D eigenvalue weighted by atomic mass is 16.6. The van der Waals surface area contributed by atoms with Crippen LogP contribution in [0.15, 0.2) is 42.5 Å². The van der Waals surface area contributed by atoms with Gasteiger partial charge >= 0.3 is 11.9 Å². The van der Waals surface area contributed by atoms with Gasteiger partial charge in [0.15, 0.2) is 0 Å². The Labute approximate surface area is 207 Å². The van der Waals surface area contributed by atoms with Gasteiger partial charge in [0, 0.05) is 44.7 Å². The number of rotatable bonds is 9. The molecule has 0 bridgehead atoms. The minimum absolute atomic E-state index is 0.191. The highest BCUT2D eigenvalue weighted by molar-refractivity contribution is 5.92. The maximum Gasteiger partial charge on any atom is 0.338 e. The molecule has 1 heterocycles. The van der Waals surface area contributed by atoms with Crippen molar-refractivity contribution in [1.29, 1.82) is 0 Å². The maximum atomic E-state index is 12.1. The lowest BCUT2D eigenvalue weighted by molar-refractivity contribution is -0.156. The highest BCUT2D eigenvalue weighted by Gasteiger charge is 2.23. The molecule has 9 nitrogen and oxygen atoms in total. The number of ether oxygens (including phenoxy) is 3. The number of nitrogens with zero attached hydrogens (tertiary/aromatic N) is 2. The van der Waals surface area contributed by atoms with Crippen molar-refractivity contribution < 1.29 is 23.8 Å². The first-order valence-corrected chi connectivity index (χ1v) is 11.8. The van der Waals surface area contributed by atoms with Gasteiger partial charge in [0.25, 0.3) is 0 Å². The van der Waals surface area contributed by atoms with Crippen LogP contribution in [0.3, 0.4) is 0 Å². The molecule has 0 amide bonds. The lowest BCUT2D eigenvalue weighted by Gasteiger charge is -2.36. The standard InChI is InChI=1S/C26H36N4O5/c1-26(2,3)35-24(31)18-29-10-12-30(13-11-29)21-7-5-6-20(17-21)28-23-9-8-19(16-22(23)27)25(32)34-15-14-33-4/h5-9,16-17,28H,10-15,18,27H2,1-4H3. The second-order valence-corrected chi connectivity index (χ2v) is 9.46. The van der Waals surface area contributed by atoms with Crippen LogP contribution in [0, 0.1) is 0 Å². The molecular weight excluding hydrogens is 448 g/mol. The monoisotopic (exact) mass is 484 g/mol. The average molecular weight is 485 g/mol. The zero-order chi connectivity index (χ0) is 25.4. The van der Waals surface area contributed by atoms with Crippen LogP contribution in [0.25, 0.3) is 0 Å². The van der Waals surface area contributed by atoms with Crippen molar-refractivity contribution in [3.05, 3.63) is 48.0 Å². The Hall–Kier alpha value is -3.30. The number of piperazine rings is 1. The Morgan fingerprint density at radius 3 is 2.43 bits per heavy atom. The van der Waals surface area contributed by atoms with Crippen LogP contribution in [-0.4, -0.2) is 75.5 Å². The number of hydrogen-bond acceptors (Lipinski definition) is 9. The van der Waals surface area contributed by atoms with Crippen LogP contribution >= 0.6 is 0 Å². The molecule has 0 unspecified atom stereocenters. The van der Waals surface area contributed by atoms with E-state index in [2.05, 4.69) is 27.2 Å². The van der Waals surface area contributed by atoms with E-state index in [9.17, 15) is 9.59 Å². The van der Waals surface area contributed by atoms with Crippen LogP contribution < -0.4 is 16.0 Å². The number of nitrogens with two attached hydrogens (primary N) is 1. The molecule has 1 fully saturated rings. The van der Waals surface area contributed by atoms with Crippen LogP contribution in [0.1, 0.15) is 31.1 Å². The van der Waals surface area contributed by atoms with Gasteiger partial charge in [-0.2, -0.15) is 0 Å². The van der Waals surface area contributed by atoms with Gasteiger partial charge in [0.2, 0.25) is 0 Å². The molecule has 0 spiro atoms. The Bertz CT molecular complexity index is 1010. The molecule has 1 aliphatic rings. The fourth-order valence-corrected chi connectivity index (χ4v) is 3.76. The zero-order valence-electron chi connectivity index (χ0n) is 21.0. The molecule has 2 aromatic carbocycles. The van der Waals surface area contributed by atoms with E-state index in [1.807, 2.05) is 32.9 Å². The number of benzene rings is 2. The third-order valence-electron chi connectivity index (χ3n) is 5.44. The number of carbonyl (C=O) groups excluding carboxylic acids is 2. The lowest BCUT2D eigenvalue weighted by atomic mass is 10.1. The van der Waals surface area contributed by atoms with E-state index in [0.29, 0.717) is 30.1 Å². The van der Waals surface area contributed by atoms with Gasteiger partial charge in [-0.15, -0.1) is 0 Å². The Balaban J connectivity index is 1.56. The van der Waals surface area contributed by atoms with Gasteiger partial charge < -0.3 is 30.2 Å². The molecule has 0 radical (unpaired) electrons. The van der Waals surface area contributed by atoms with E-state index in [4.69, 9.17) is 19.9 Å². The summed E-state index contributed by atoms with van der Waals surface area (Å²) in [6.45, 7) is 9.67. The van der Waals surface area contributed by atoms with Gasteiger partial charge in [-0.3, -0.25) is 9.69 Å². The van der Waals surface area contributed by atoms with Crippen LogP contribution in [0.2, 0.25) is 0 Å². The highest BCUT2D eigenvalue weighted by Crippen LogP contribution is 2.27. The number of methoxy groups -OCH3 is 1. The van der Waals surface area contributed by atoms with Gasteiger partial charge in [0.05, 0.1) is 30.1 Å². The Kier molecular flexibility index (Phi) is 8.95. The van der Waals surface area contributed by atoms with E-state index in [0.717, 1.165) is 37.6 Å². The van der Waals surface area contributed by atoms with E-state index in [-0.39, 0.29) is 12.6 Å². The molecule has 0 aliphatic carbocycles. The molecule has 3 rings (SSSR count). The number of nitrogens with one attached hydrogen (secondary N) is 1. The number of nitrogen functional groups attached to an aromatic ring is 1. The lowest BCUT2D eigenvalue weighted by Crippen LogP contribution is -2.48. The molecule has 3 N–H and O–H groups in total. The van der Waals surface area contributed by atoms with Gasteiger partial charge in [-0.05, 0) is 57.2 Å². The van der Waals surface area contributed by atoms with Crippen LogP contribution in [-0.2, 0) is 19.0 Å². The van der Waals surface area contributed by atoms with E-state index in [1.54, 1.807) is 25.3 Å². The molecule has 35 heavy (non-hydrogen) atoms. The second-order valence-electron chi connectivity index (χ2n) is 9.46. The summed E-state index contributed by atoms with van der Waals surface area (Å²) in [5.74, 6) is -0.628. The van der Waals surface area contributed by atoms with Gasteiger partial charge in [-0.25, -0.2) is 4.79 Å². The van der Waals surface area contributed by atoms with Crippen molar-refractivity contribution in [2.75, 3.05) is 69.0 Å². The molecular formula is C26H36N4O5. The molecule has 1 saturated heterocycles. The third kappa shape index (κ3) is 8.15. The van der Waals surface area contributed by atoms with Crippen LogP contribution in [0.5, 0.6) is 0 Å². The number of hydrogen-bond donors (Lipinski definition) is 2. The van der Waals surface area contributed by atoms with Crippen molar-refractivity contribution >= 4 is 34.7 Å². The molecule has 2 aromatic rings. The number of esters is 2. The summed E-state index contributed by atoms with van der Waals surface area (Å²) in [5, 5.41) is 3.33. The Morgan fingerprint density at radius 1 is 1.03 bits per heavy atom. The predicted octanol–water partition coefficient (Wildman–Crippen LogP) is 3.28. The predicted molar refractivity (Wildman–Crippen MR) is 137 cm³/mol. The second kappa shape index (κ2) is 11.9. The van der Waals surface area contributed by atoms with E-state index >= 15 is 0 Å². The topological polar surface area (TPSA) is 106 Å². The van der Waals surface area contributed by atoms with Crippen molar-refractivity contribution in [3.63, 3.8) is 0 Å². The fraction of sp³-hybridized carbons (Fsp3) is 0.462. The molecule has 0 saturated carbocycles. The van der Waals surface area contributed by atoms with Gasteiger partial charge in [0.1, 0.15) is 12.2 Å². The minimum Gasteiger partial charge on any atom is -0.460 e. The summed E-state index contributed by atoms with van der Waals surface area (Å²) in [6, 6.07) is 13.1. The third-order valence-corrected chi connectivity index (χ3v) is 5.44. The summed E-state index contributed by atoms with van der Waals surface area (Å²) >= 11 is 0. The Morgan fingerprint density at radius 2 is 1.77 bits per heavy atom. The van der Waals surface area contributed by atoms with Crippen LogP contribution in [0.4, 0.5) is 22.7 Å². The summed E-state index contributed by atoms with van der Waals surface area (Å²) in [5.41, 5.74) is 9.24. The first kappa shape index (κ1) is 26.3. The minimum atomic E-state index is -0.469. The summed E-state index contributed by atoms with van der Waals surface area (Å²) < 4.78 is 15.5. The normalized spacial score (nSPS) is 14.5. The quantitative estimate of drug-likeness (QED) is 0.315. The molecule has 0 aromatic heterocycles. The first-order chi connectivity index (χ1) is 16.6. The van der Waals surface area contributed by atoms with Crippen molar-refractivity contribution in [3.8, 4) is 0 Å². The summed E-state index contributed by atoms with van der Waals surface area (Å²) in [4.78, 5) is 28.6. The van der Waals surface area contributed by atoms with E-state index < -0.39 is 11.6 Å². The molecule has 0 atom stereocenters. The average Bonchev–Trinajstić information content (AvgIpc) is 2.80. The SMILES string of the molecule is COCCOC(=O)c1ccc(Nc2cccc(N3CCN(CC(=O)OC(C)(C)C)CC3)c2)c(N)c1. The van der Waals surface area contributed by atoms with Crippen molar-refractivity contribution in [1.82, 2.24) is 4.90 Å². The maximum absolute atomic E-state index is 12.1. The van der Waals surface area contributed by atoms with Crippen molar-refractivity contribution in [2.24, 2.45) is 0 Å². The molecule has 190 valence electrons. The number of anilines is 4. The van der Waals surface area contributed by atoms with Crippen molar-refractivity contribution in [2.45, 2.75) is 26.4 Å². The van der Waals surface area contributed by atoms with Gasteiger partial charge in [-0.1, -0.05) is 6.07 Å². The smallest absolute Gasteiger partial charge is 0.338 e. The summed E-state index contributed by atoms with van der Waals surface area (Å²) in [7, 11) is 1.55.